The van der Waals surface area contributed by atoms with Crippen LogP contribution in [0.15, 0.2) is 205 Å². The van der Waals surface area contributed by atoms with Crippen molar-refractivity contribution in [1.82, 2.24) is 9.80 Å². The van der Waals surface area contributed by atoms with Crippen LogP contribution in [-0.4, -0.2) is 76.4 Å². The summed E-state index contributed by atoms with van der Waals surface area (Å²) in [5.74, 6) is 9.60. The molecule has 2 N–H and O–H groups in total. The van der Waals surface area contributed by atoms with Crippen molar-refractivity contribution in [1.29, 1.82) is 0 Å². The monoisotopic (exact) mass is 908 g/mol. The van der Waals surface area contributed by atoms with Crippen molar-refractivity contribution < 1.29 is 53.4 Å². The van der Waals surface area contributed by atoms with E-state index in [1.807, 2.05) is 158 Å². The Kier molecular flexibility index (Phi) is 20.2. The number of esters is 1. The van der Waals surface area contributed by atoms with Gasteiger partial charge in [0.15, 0.2) is 0 Å². The van der Waals surface area contributed by atoms with Crippen LogP contribution in [0.25, 0.3) is 0 Å². The van der Waals surface area contributed by atoms with Crippen molar-refractivity contribution >= 4 is 23.8 Å². The second-order valence-electron chi connectivity index (χ2n) is 16.2. The van der Waals surface area contributed by atoms with E-state index in [9.17, 15) is 24.3 Å². The van der Waals surface area contributed by atoms with E-state index < -0.39 is 35.9 Å². The second kappa shape index (κ2) is 26.6. The van der Waals surface area contributed by atoms with Crippen LogP contribution in [0.5, 0.6) is 0 Å². The van der Waals surface area contributed by atoms with Crippen LogP contribution in [0.4, 0.5) is 0 Å². The van der Waals surface area contributed by atoms with E-state index in [0.29, 0.717) is 18.4 Å². The average molecular weight is 909 g/mol. The van der Waals surface area contributed by atoms with Gasteiger partial charge in [0.05, 0.1) is 32.0 Å². The number of carbonyl (C=O) groups excluding carboxylic acids is 3. The number of methoxy groups -OCH3 is 1. The van der Waals surface area contributed by atoms with Crippen LogP contribution in [-0.2, 0) is 36.8 Å². The first-order valence-corrected chi connectivity index (χ1v) is 22.4. The van der Waals surface area contributed by atoms with E-state index in [2.05, 4.69) is 47.9 Å². The van der Waals surface area contributed by atoms with Crippen molar-refractivity contribution in [3.63, 3.8) is 0 Å². The third kappa shape index (κ3) is 14.2. The summed E-state index contributed by atoms with van der Waals surface area (Å²) in [5, 5.41) is 9.81. The maximum Gasteiger partial charge on any atom is 1.00 e. The number of rotatable bonds is 12. The molecule has 9 nitrogen and oxygen atoms in total. The zero-order chi connectivity index (χ0) is 46.8. The number of hydrogen-bond acceptors (Lipinski definition) is 6. The Hall–Kier alpha value is -7.64. The third-order valence-corrected chi connectivity index (χ3v) is 11.6. The molecule has 6 aromatic rings. The van der Waals surface area contributed by atoms with Gasteiger partial charge in [0.25, 0.3) is 0 Å². The molecule has 0 saturated carbocycles. The molecule has 10 heteroatoms. The fraction of sp³-hybridized carbons (Fsp3) is 0.186. The van der Waals surface area contributed by atoms with Gasteiger partial charge in [-0.1, -0.05) is 206 Å². The normalized spacial score (nSPS) is 14.5. The van der Waals surface area contributed by atoms with E-state index in [0.717, 1.165) is 40.7 Å². The number of aryl methyl sites for hydroxylation is 2. The second-order valence-corrected chi connectivity index (χ2v) is 16.2. The molecule has 2 atom stereocenters. The molecule has 0 unspecified atom stereocenters. The van der Waals surface area contributed by atoms with E-state index in [-0.39, 0.29) is 49.2 Å². The molecule has 2 aliphatic heterocycles. The van der Waals surface area contributed by atoms with E-state index in [1.54, 1.807) is 17.1 Å². The Bertz CT molecular complexity index is 2720. The molecular formula is C59H53LiN2O7. The van der Waals surface area contributed by atoms with Gasteiger partial charge < -0.3 is 25.1 Å². The minimum atomic E-state index is -1.05. The summed E-state index contributed by atoms with van der Waals surface area (Å²) >= 11 is 0. The van der Waals surface area contributed by atoms with Crippen molar-refractivity contribution in [3.8, 4) is 23.7 Å². The van der Waals surface area contributed by atoms with Crippen LogP contribution < -0.4 is 18.9 Å². The number of carboxylic acid groups (broad SMARTS) is 1. The predicted octanol–water partition coefficient (Wildman–Crippen LogP) is 6.27. The molecule has 2 aliphatic rings. The number of ether oxygens (including phenoxy) is 1. The molecule has 342 valence electrons. The molecule has 0 radical (unpaired) electrons. The topological polar surface area (TPSA) is 134 Å². The maximum atomic E-state index is 13.9. The molecule has 6 aromatic carbocycles. The van der Waals surface area contributed by atoms with Gasteiger partial charge in [-0.2, -0.15) is 0 Å². The summed E-state index contributed by atoms with van der Waals surface area (Å²) in [5.41, 5.74) is 7.30. The first-order valence-electron chi connectivity index (χ1n) is 22.4. The Balaban J connectivity index is 0.000000250. The van der Waals surface area contributed by atoms with E-state index in [4.69, 9.17) is 4.74 Å². The number of benzene rings is 6. The van der Waals surface area contributed by atoms with Crippen LogP contribution >= 0.6 is 0 Å². The first kappa shape index (κ1) is 52.3. The SMILES string of the molecule is COC(=O)[C@@H]1C=C(C#CCCc2ccccc2)CN1C(=O)C(c1ccccc1)c1ccccc1.O=C(O)[C@@H]1C=C(C#CCCc2ccccc2)CN1C(=O)C(c1ccccc1)c1ccccc1.[Li+].[OH-]. The predicted molar refractivity (Wildman–Crippen MR) is 263 cm³/mol. The zero-order valence-electron chi connectivity index (χ0n) is 38.9. The Morgan fingerprint density at radius 3 is 1.14 bits per heavy atom. The number of carboxylic acids is 1. The third-order valence-electron chi connectivity index (χ3n) is 11.6. The minimum absolute atomic E-state index is 0. The molecule has 0 aromatic heterocycles. The van der Waals surface area contributed by atoms with Gasteiger partial charge in [0.1, 0.15) is 12.1 Å². The fourth-order valence-corrected chi connectivity index (χ4v) is 8.27. The maximum absolute atomic E-state index is 13.9. The van der Waals surface area contributed by atoms with Crippen molar-refractivity contribution in [2.45, 2.75) is 49.6 Å². The van der Waals surface area contributed by atoms with Gasteiger partial charge in [-0.05, 0) is 58.4 Å². The standard InChI is InChI=1S/C30H27NO3.C29H25NO3.Li.H2O/c1-34-30(33)27-21-24(16-12-11-15-23-13-5-2-6-14-23)22-31(27)29(32)28(25-17-7-3-8-18-25)26-19-9-4-10-20-26;31-28(27(24-16-6-2-7-17-24)25-18-8-3-9-19-25)30-21-23(20-26(30)29(32)33)15-11-10-14-22-12-4-1-5-13-22;;/h2-10,13-14,17-21,27-28H,11,15,22H2,1H3;1-9,12-13,16-20,26-27H,10,14,21H2,(H,32,33);;1H2/q;;+1;/p-1/t27-;26-;;/m00../s1. The minimum Gasteiger partial charge on any atom is -0.870 e. The van der Waals surface area contributed by atoms with Crippen LogP contribution in [0, 0.1) is 23.7 Å². The zero-order valence-corrected chi connectivity index (χ0v) is 38.9. The summed E-state index contributed by atoms with van der Waals surface area (Å²) < 4.78 is 5.01. The van der Waals surface area contributed by atoms with Gasteiger partial charge in [-0.3, -0.25) is 9.59 Å². The Morgan fingerprint density at radius 1 is 0.522 bits per heavy atom. The van der Waals surface area contributed by atoms with Crippen LogP contribution in [0.3, 0.4) is 0 Å². The van der Waals surface area contributed by atoms with Gasteiger partial charge in [-0.15, -0.1) is 0 Å². The van der Waals surface area contributed by atoms with Gasteiger partial charge in [0.2, 0.25) is 11.8 Å². The number of nitrogens with zero attached hydrogens (tertiary/aromatic N) is 2. The number of carbonyl (C=O) groups is 4. The summed E-state index contributed by atoms with van der Waals surface area (Å²) in [4.78, 5) is 55.1. The van der Waals surface area contributed by atoms with E-state index >= 15 is 0 Å². The molecule has 0 aliphatic carbocycles. The quantitative estimate of drug-likeness (QED) is 0.0870. The van der Waals surface area contributed by atoms with Crippen LogP contribution in [0.1, 0.15) is 58.1 Å². The first-order chi connectivity index (χ1) is 32.8. The Labute approximate surface area is 417 Å². The molecule has 2 heterocycles. The molecule has 0 saturated heterocycles. The van der Waals surface area contributed by atoms with Crippen molar-refractivity contribution in [2.24, 2.45) is 0 Å². The Morgan fingerprint density at radius 2 is 0.826 bits per heavy atom. The van der Waals surface area contributed by atoms with Crippen molar-refractivity contribution in [2.75, 3.05) is 20.2 Å². The molecule has 8 rings (SSSR count). The molecule has 69 heavy (non-hydrogen) atoms. The van der Waals surface area contributed by atoms with Crippen molar-refractivity contribution in [3.05, 3.63) is 239 Å². The van der Waals surface area contributed by atoms with Crippen LogP contribution in [0.2, 0.25) is 0 Å². The molecule has 0 bridgehead atoms. The average Bonchev–Trinajstić information content (AvgIpc) is 4.02. The van der Waals surface area contributed by atoms with Gasteiger partial charge in [-0.25, -0.2) is 9.59 Å². The molecule has 0 fully saturated rings. The number of aliphatic carboxylic acids is 1. The molecule has 0 spiro atoms. The fourth-order valence-electron chi connectivity index (χ4n) is 8.27. The summed E-state index contributed by atoms with van der Waals surface area (Å²) in [6.07, 6.45) is 6.41. The largest absolute Gasteiger partial charge is 1.00 e. The summed E-state index contributed by atoms with van der Waals surface area (Å²) in [6, 6.07) is 56.7. The number of hydrogen-bond donors (Lipinski definition) is 1. The smallest absolute Gasteiger partial charge is 0.870 e. The van der Waals surface area contributed by atoms with Gasteiger partial charge in [0, 0.05) is 24.0 Å². The number of amides is 2. The summed E-state index contributed by atoms with van der Waals surface area (Å²) in [7, 11) is 1.34. The molecule has 2 amide bonds. The molecular weight excluding hydrogens is 856 g/mol. The van der Waals surface area contributed by atoms with Gasteiger partial charge >= 0.3 is 30.8 Å². The van der Waals surface area contributed by atoms with E-state index in [1.165, 1.54) is 23.1 Å². The summed E-state index contributed by atoms with van der Waals surface area (Å²) in [6.45, 7) is 0.484.